The molecular weight excluding hydrogens is 428 g/mol. The summed E-state index contributed by atoms with van der Waals surface area (Å²) in [6, 6.07) is 13.9. The first-order valence-corrected chi connectivity index (χ1v) is 12.8. The number of nitrogens with zero attached hydrogens (tertiary/aromatic N) is 2. The lowest BCUT2D eigenvalue weighted by molar-refractivity contribution is -0.132. The molecule has 0 aromatic heterocycles. The summed E-state index contributed by atoms with van der Waals surface area (Å²) >= 11 is 0. The Kier molecular flexibility index (Phi) is 7.90. The third-order valence-corrected chi connectivity index (χ3v) is 6.71. The number of sulfone groups is 1. The van der Waals surface area contributed by atoms with Crippen LogP contribution in [0.5, 0.6) is 5.75 Å². The average molecular weight is 459 g/mol. The lowest BCUT2D eigenvalue weighted by Gasteiger charge is -2.35. The number of carbonyl (C=O) groups excluding carboxylic acids is 2. The van der Waals surface area contributed by atoms with Crippen molar-refractivity contribution >= 4 is 21.7 Å². The molecule has 0 saturated carbocycles. The molecule has 1 aliphatic heterocycles. The summed E-state index contributed by atoms with van der Waals surface area (Å²) in [6.07, 6.45) is 3.03. The number of amides is 2. The Balaban J connectivity index is 1.38. The molecule has 7 nitrogen and oxygen atoms in total. The fourth-order valence-electron chi connectivity index (χ4n) is 3.58. The Bertz CT molecular complexity index is 1030. The molecule has 2 aromatic rings. The molecule has 0 radical (unpaired) electrons. The van der Waals surface area contributed by atoms with E-state index in [-0.39, 0.29) is 16.7 Å². The molecule has 172 valence electrons. The molecule has 1 aliphatic rings. The van der Waals surface area contributed by atoms with Crippen molar-refractivity contribution in [3.8, 4) is 5.75 Å². The first-order valence-electron chi connectivity index (χ1n) is 10.9. The Morgan fingerprint density at radius 2 is 1.50 bits per heavy atom. The van der Waals surface area contributed by atoms with Crippen molar-refractivity contribution in [2.45, 2.75) is 31.1 Å². The number of piperazine rings is 1. The Labute approximate surface area is 189 Å². The largest absolute Gasteiger partial charge is 0.494 e. The fourth-order valence-corrected chi connectivity index (χ4v) is 4.21. The lowest BCUT2D eigenvalue weighted by atomic mass is 10.1. The maximum atomic E-state index is 12.7. The van der Waals surface area contributed by atoms with E-state index >= 15 is 0 Å². The van der Waals surface area contributed by atoms with Crippen LogP contribution in [0, 0.1) is 0 Å². The van der Waals surface area contributed by atoms with Crippen LogP contribution in [-0.2, 0) is 21.1 Å². The van der Waals surface area contributed by atoms with Gasteiger partial charge in [0.1, 0.15) is 5.75 Å². The number of hydrogen-bond donors (Lipinski definition) is 0. The van der Waals surface area contributed by atoms with Crippen molar-refractivity contribution in [3.63, 3.8) is 0 Å². The molecule has 8 heteroatoms. The van der Waals surface area contributed by atoms with Gasteiger partial charge < -0.3 is 14.5 Å². The maximum absolute atomic E-state index is 12.7. The highest BCUT2D eigenvalue weighted by Gasteiger charge is 2.24. The highest BCUT2D eigenvalue weighted by Crippen LogP contribution is 2.16. The van der Waals surface area contributed by atoms with E-state index in [9.17, 15) is 18.0 Å². The van der Waals surface area contributed by atoms with Crippen LogP contribution in [0.1, 0.15) is 35.7 Å². The minimum atomic E-state index is -3.23. The van der Waals surface area contributed by atoms with Gasteiger partial charge in [0.05, 0.1) is 11.5 Å². The fraction of sp³-hybridized carbons (Fsp3) is 0.417. The van der Waals surface area contributed by atoms with Gasteiger partial charge in [0.2, 0.25) is 5.91 Å². The highest BCUT2D eigenvalue weighted by molar-refractivity contribution is 7.90. The monoisotopic (exact) mass is 458 g/mol. The van der Waals surface area contributed by atoms with Gasteiger partial charge in [0.25, 0.3) is 5.91 Å². The lowest BCUT2D eigenvalue weighted by Crippen LogP contribution is -2.50. The highest BCUT2D eigenvalue weighted by atomic mass is 32.2. The van der Waals surface area contributed by atoms with Gasteiger partial charge in [0, 0.05) is 44.4 Å². The van der Waals surface area contributed by atoms with Crippen LogP contribution in [0.25, 0.3) is 0 Å². The minimum absolute atomic E-state index is 0.00930. The van der Waals surface area contributed by atoms with Crippen molar-refractivity contribution < 1.29 is 22.7 Å². The van der Waals surface area contributed by atoms with E-state index in [2.05, 4.69) is 6.92 Å². The van der Waals surface area contributed by atoms with E-state index in [0.29, 0.717) is 56.9 Å². The summed E-state index contributed by atoms with van der Waals surface area (Å²) in [5.41, 5.74) is 1.88. The molecule has 1 saturated heterocycles. The molecule has 1 heterocycles. The summed E-state index contributed by atoms with van der Waals surface area (Å²) < 4.78 is 28.6. The Morgan fingerprint density at radius 3 is 2.06 bits per heavy atom. The van der Waals surface area contributed by atoms with Gasteiger partial charge in [-0.15, -0.1) is 0 Å². The number of hydrogen-bond acceptors (Lipinski definition) is 5. The Hall–Kier alpha value is -2.87. The molecule has 0 atom stereocenters. The van der Waals surface area contributed by atoms with Crippen LogP contribution in [0.15, 0.2) is 53.4 Å². The van der Waals surface area contributed by atoms with Crippen LogP contribution >= 0.6 is 0 Å². The normalized spacial score (nSPS) is 14.3. The molecule has 0 unspecified atom stereocenters. The van der Waals surface area contributed by atoms with Crippen LogP contribution in [-0.4, -0.2) is 69.1 Å². The van der Waals surface area contributed by atoms with Gasteiger partial charge in [-0.05, 0) is 54.8 Å². The predicted molar refractivity (Wildman–Crippen MR) is 123 cm³/mol. The molecule has 32 heavy (non-hydrogen) atoms. The summed E-state index contributed by atoms with van der Waals surface area (Å²) in [4.78, 5) is 29.0. The second-order valence-corrected chi connectivity index (χ2v) is 9.93. The van der Waals surface area contributed by atoms with Gasteiger partial charge in [-0.3, -0.25) is 9.59 Å². The molecule has 0 N–H and O–H groups in total. The summed E-state index contributed by atoms with van der Waals surface area (Å²) in [5, 5.41) is 0. The second-order valence-electron chi connectivity index (χ2n) is 7.92. The van der Waals surface area contributed by atoms with E-state index < -0.39 is 9.84 Å². The van der Waals surface area contributed by atoms with Gasteiger partial charge in [-0.25, -0.2) is 8.42 Å². The zero-order chi connectivity index (χ0) is 23.1. The summed E-state index contributed by atoms with van der Waals surface area (Å²) in [6.45, 7) is 4.58. The molecule has 2 amide bonds. The van der Waals surface area contributed by atoms with E-state index in [1.54, 1.807) is 21.9 Å². The predicted octanol–water partition coefficient (Wildman–Crippen LogP) is 2.80. The van der Waals surface area contributed by atoms with Gasteiger partial charge >= 0.3 is 0 Å². The van der Waals surface area contributed by atoms with E-state index in [1.165, 1.54) is 17.7 Å². The van der Waals surface area contributed by atoms with Crippen molar-refractivity contribution in [1.82, 2.24) is 9.80 Å². The van der Waals surface area contributed by atoms with Gasteiger partial charge in [-0.1, -0.05) is 19.1 Å². The van der Waals surface area contributed by atoms with E-state index in [4.69, 9.17) is 4.74 Å². The molecular formula is C24H30N2O5S. The third kappa shape index (κ3) is 6.32. The number of carbonyl (C=O) groups is 2. The minimum Gasteiger partial charge on any atom is -0.494 e. The average Bonchev–Trinajstić information content (AvgIpc) is 2.81. The molecule has 1 fully saturated rings. The molecule has 0 spiro atoms. The van der Waals surface area contributed by atoms with Crippen molar-refractivity contribution in [2.24, 2.45) is 0 Å². The number of benzene rings is 2. The SMILES string of the molecule is CCc1ccc(C(=O)N2CCN(C(=O)CCCOc3ccc(S(C)(=O)=O)cc3)CC2)cc1. The van der Waals surface area contributed by atoms with Crippen LogP contribution < -0.4 is 4.74 Å². The smallest absolute Gasteiger partial charge is 0.253 e. The molecule has 3 rings (SSSR count). The molecule has 0 bridgehead atoms. The topological polar surface area (TPSA) is 84.0 Å². The van der Waals surface area contributed by atoms with Crippen LogP contribution in [0.3, 0.4) is 0 Å². The quantitative estimate of drug-likeness (QED) is 0.568. The van der Waals surface area contributed by atoms with Crippen molar-refractivity contribution in [3.05, 3.63) is 59.7 Å². The number of rotatable bonds is 8. The zero-order valence-electron chi connectivity index (χ0n) is 18.6. The van der Waals surface area contributed by atoms with Gasteiger partial charge in [0.15, 0.2) is 9.84 Å². The number of ether oxygens (including phenoxy) is 1. The summed E-state index contributed by atoms with van der Waals surface area (Å²) in [7, 11) is -3.23. The number of aryl methyl sites for hydroxylation is 1. The standard InChI is InChI=1S/C24H30N2O5S/c1-3-19-6-8-20(9-7-19)24(28)26-16-14-25(15-17-26)23(27)5-4-18-31-21-10-12-22(13-11-21)32(2,29)30/h6-13H,3-5,14-18H2,1-2H3. The van der Waals surface area contributed by atoms with Crippen molar-refractivity contribution in [1.29, 1.82) is 0 Å². The van der Waals surface area contributed by atoms with Crippen LogP contribution in [0.2, 0.25) is 0 Å². The van der Waals surface area contributed by atoms with Crippen molar-refractivity contribution in [2.75, 3.05) is 39.0 Å². The van der Waals surface area contributed by atoms with E-state index in [1.807, 2.05) is 24.3 Å². The third-order valence-electron chi connectivity index (χ3n) is 5.58. The molecule has 0 aliphatic carbocycles. The van der Waals surface area contributed by atoms with Gasteiger partial charge in [-0.2, -0.15) is 0 Å². The Morgan fingerprint density at radius 1 is 0.906 bits per heavy atom. The second kappa shape index (κ2) is 10.6. The zero-order valence-corrected chi connectivity index (χ0v) is 19.4. The first kappa shape index (κ1) is 23.8. The van der Waals surface area contributed by atoms with E-state index in [0.717, 1.165) is 12.7 Å². The molecule has 2 aromatic carbocycles. The summed E-state index contributed by atoms with van der Waals surface area (Å²) in [5.74, 6) is 0.638. The maximum Gasteiger partial charge on any atom is 0.253 e. The van der Waals surface area contributed by atoms with Crippen LogP contribution in [0.4, 0.5) is 0 Å². The first-order chi connectivity index (χ1) is 15.3.